The van der Waals surface area contributed by atoms with Crippen LogP contribution in [0.4, 0.5) is 0 Å². The lowest BCUT2D eigenvalue weighted by molar-refractivity contribution is -0.140. The van der Waals surface area contributed by atoms with Crippen molar-refractivity contribution in [3.8, 4) is 0 Å². The van der Waals surface area contributed by atoms with Crippen molar-refractivity contribution in [1.29, 1.82) is 0 Å². The predicted molar refractivity (Wildman–Crippen MR) is 77.0 cm³/mol. The Morgan fingerprint density at radius 3 is 2.67 bits per heavy atom. The van der Waals surface area contributed by atoms with Crippen LogP contribution >= 0.6 is 0 Å². The average molecular weight is 315 g/mol. The molecule has 7 heteroatoms. The van der Waals surface area contributed by atoms with Crippen LogP contribution in [-0.4, -0.2) is 37.6 Å². The molecule has 0 unspecified atom stereocenters. The lowest BCUT2D eigenvalue weighted by Gasteiger charge is -2.20. The molecule has 0 spiro atoms. The van der Waals surface area contributed by atoms with E-state index in [1.54, 1.807) is 6.07 Å². The zero-order valence-corrected chi connectivity index (χ0v) is 13.2. The van der Waals surface area contributed by atoms with Crippen molar-refractivity contribution >= 4 is 16.0 Å². The first-order valence-corrected chi connectivity index (χ1v) is 8.65. The van der Waals surface area contributed by atoms with E-state index in [4.69, 9.17) is 4.42 Å². The van der Waals surface area contributed by atoms with Gasteiger partial charge < -0.3 is 9.15 Å². The van der Waals surface area contributed by atoms with Crippen molar-refractivity contribution in [1.82, 2.24) is 4.31 Å². The Labute approximate surface area is 125 Å². The fraction of sp³-hybridized carbons (Fsp3) is 0.643. The maximum atomic E-state index is 12.4. The summed E-state index contributed by atoms with van der Waals surface area (Å²) in [5, 5.41) is 0. The number of furan rings is 1. The lowest BCUT2D eigenvalue weighted by atomic mass is 10.3. The second kappa shape index (κ2) is 6.62. The van der Waals surface area contributed by atoms with Crippen LogP contribution in [-0.2, 0) is 26.1 Å². The zero-order valence-electron chi connectivity index (χ0n) is 12.4. The number of ether oxygens (including phenoxy) is 1. The molecule has 1 heterocycles. The normalized spacial score (nSPS) is 15.4. The molecule has 1 aliphatic carbocycles. The quantitative estimate of drug-likeness (QED) is 0.684. The van der Waals surface area contributed by atoms with E-state index in [1.165, 1.54) is 11.4 Å². The van der Waals surface area contributed by atoms with Crippen LogP contribution < -0.4 is 0 Å². The minimum Gasteiger partial charge on any atom is -0.469 e. The number of methoxy groups -OCH3 is 1. The minimum atomic E-state index is -3.39. The van der Waals surface area contributed by atoms with Gasteiger partial charge in [-0.15, -0.1) is 0 Å². The molecule has 0 atom stereocenters. The number of carbonyl (C=O) groups is 1. The maximum absolute atomic E-state index is 12.4. The molecule has 0 aliphatic heterocycles. The fourth-order valence-corrected chi connectivity index (χ4v) is 3.89. The SMILES string of the molecule is COC(=O)CCCS(=O)(=O)N(Cc1ccc(C)o1)C1CC1. The molecule has 0 amide bonds. The van der Waals surface area contributed by atoms with Gasteiger partial charge in [0.1, 0.15) is 11.5 Å². The number of hydrogen-bond donors (Lipinski definition) is 0. The third-order valence-corrected chi connectivity index (χ3v) is 5.38. The Morgan fingerprint density at radius 1 is 1.43 bits per heavy atom. The molecule has 1 saturated carbocycles. The number of hydrogen-bond acceptors (Lipinski definition) is 5. The monoisotopic (exact) mass is 315 g/mol. The van der Waals surface area contributed by atoms with Gasteiger partial charge in [0.2, 0.25) is 10.0 Å². The molecule has 1 aliphatic rings. The molecule has 21 heavy (non-hydrogen) atoms. The summed E-state index contributed by atoms with van der Waals surface area (Å²) in [6.45, 7) is 2.09. The van der Waals surface area contributed by atoms with Crippen LogP contribution in [0.2, 0.25) is 0 Å². The summed E-state index contributed by atoms with van der Waals surface area (Å²) < 4.78 is 36.3. The van der Waals surface area contributed by atoms with E-state index >= 15 is 0 Å². The molecule has 2 rings (SSSR count). The molecular formula is C14H21NO5S. The van der Waals surface area contributed by atoms with Gasteiger partial charge in [-0.05, 0) is 38.3 Å². The first-order chi connectivity index (χ1) is 9.92. The molecule has 1 aromatic heterocycles. The van der Waals surface area contributed by atoms with E-state index in [2.05, 4.69) is 4.74 Å². The molecule has 0 bridgehead atoms. The van der Waals surface area contributed by atoms with Crippen LogP contribution in [0.5, 0.6) is 0 Å². The largest absolute Gasteiger partial charge is 0.469 e. The van der Waals surface area contributed by atoms with Gasteiger partial charge in [-0.2, -0.15) is 4.31 Å². The summed E-state index contributed by atoms with van der Waals surface area (Å²) in [6, 6.07) is 3.69. The van der Waals surface area contributed by atoms with Crippen LogP contribution in [0.25, 0.3) is 0 Å². The Bertz CT molecular complexity index is 588. The van der Waals surface area contributed by atoms with Crippen molar-refractivity contribution in [2.75, 3.05) is 12.9 Å². The molecule has 1 aromatic rings. The highest BCUT2D eigenvalue weighted by Gasteiger charge is 2.37. The van der Waals surface area contributed by atoms with Crippen LogP contribution in [0.1, 0.15) is 37.2 Å². The molecule has 0 N–H and O–H groups in total. The van der Waals surface area contributed by atoms with Crippen LogP contribution in [0.3, 0.4) is 0 Å². The van der Waals surface area contributed by atoms with Crippen molar-refractivity contribution in [2.24, 2.45) is 0 Å². The second-order valence-electron chi connectivity index (χ2n) is 5.28. The van der Waals surface area contributed by atoms with Gasteiger partial charge >= 0.3 is 5.97 Å². The molecule has 6 nitrogen and oxygen atoms in total. The van der Waals surface area contributed by atoms with E-state index in [1.807, 2.05) is 13.0 Å². The molecule has 0 radical (unpaired) electrons. The average Bonchev–Trinajstić information content (AvgIpc) is 3.18. The highest BCUT2D eigenvalue weighted by Crippen LogP contribution is 2.31. The van der Waals surface area contributed by atoms with Crippen LogP contribution in [0, 0.1) is 6.92 Å². The first-order valence-electron chi connectivity index (χ1n) is 7.04. The molecule has 0 saturated heterocycles. The molecule has 0 aromatic carbocycles. The van der Waals surface area contributed by atoms with Gasteiger partial charge in [-0.3, -0.25) is 4.79 Å². The smallest absolute Gasteiger partial charge is 0.305 e. The predicted octanol–water partition coefficient (Wildman–Crippen LogP) is 1.84. The van der Waals surface area contributed by atoms with E-state index in [9.17, 15) is 13.2 Å². The van der Waals surface area contributed by atoms with Crippen molar-refractivity contribution < 1.29 is 22.4 Å². The number of rotatable bonds is 8. The third-order valence-electron chi connectivity index (χ3n) is 3.43. The summed E-state index contributed by atoms with van der Waals surface area (Å²) in [4.78, 5) is 11.1. The Hall–Kier alpha value is -1.34. The van der Waals surface area contributed by atoms with Gasteiger partial charge in [-0.25, -0.2) is 8.42 Å². The second-order valence-corrected chi connectivity index (χ2v) is 7.33. The number of carbonyl (C=O) groups excluding carboxylic acids is 1. The highest BCUT2D eigenvalue weighted by molar-refractivity contribution is 7.89. The van der Waals surface area contributed by atoms with E-state index in [0.29, 0.717) is 5.76 Å². The van der Waals surface area contributed by atoms with Crippen LogP contribution in [0.15, 0.2) is 16.5 Å². The fourth-order valence-electron chi connectivity index (χ4n) is 2.16. The Balaban J connectivity index is 1.97. The summed E-state index contributed by atoms with van der Waals surface area (Å²) in [6.07, 6.45) is 2.16. The van der Waals surface area contributed by atoms with Crippen molar-refractivity contribution in [3.05, 3.63) is 23.7 Å². The number of esters is 1. The summed E-state index contributed by atoms with van der Waals surface area (Å²) >= 11 is 0. The number of aryl methyl sites for hydroxylation is 1. The standard InChI is InChI=1S/C14H21NO5S/c1-11-5-8-13(20-11)10-15(12-6-7-12)21(17,18)9-3-4-14(16)19-2/h5,8,12H,3-4,6-7,9-10H2,1-2H3. The number of sulfonamides is 1. The minimum absolute atomic E-state index is 0.0434. The third kappa shape index (κ3) is 4.57. The van der Waals surface area contributed by atoms with Crippen molar-refractivity contribution in [3.63, 3.8) is 0 Å². The number of nitrogens with zero attached hydrogens (tertiary/aromatic N) is 1. The summed E-state index contributed by atoms with van der Waals surface area (Å²) in [5.74, 6) is 0.989. The van der Waals surface area contributed by atoms with Gasteiger partial charge in [0, 0.05) is 12.5 Å². The van der Waals surface area contributed by atoms with Gasteiger partial charge in [-0.1, -0.05) is 0 Å². The van der Waals surface area contributed by atoms with Gasteiger partial charge in [0.25, 0.3) is 0 Å². The lowest BCUT2D eigenvalue weighted by Crippen LogP contribution is -2.34. The zero-order chi connectivity index (χ0) is 15.5. The van der Waals surface area contributed by atoms with Gasteiger partial charge in [0.15, 0.2) is 0 Å². The molecular weight excluding hydrogens is 294 g/mol. The topological polar surface area (TPSA) is 76.8 Å². The molecule has 118 valence electrons. The highest BCUT2D eigenvalue weighted by atomic mass is 32.2. The summed E-state index contributed by atoms with van der Waals surface area (Å²) in [5.41, 5.74) is 0. The van der Waals surface area contributed by atoms with E-state index < -0.39 is 10.0 Å². The van der Waals surface area contributed by atoms with E-state index in [0.717, 1.165) is 18.6 Å². The Morgan fingerprint density at radius 2 is 2.14 bits per heavy atom. The van der Waals surface area contributed by atoms with Crippen molar-refractivity contribution in [2.45, 2.75) is 45.2 Å². The Kier molecular flexibility index (Phi) is 5.05. The first kappa shape index (κ1) is 16.0. The molecule has 1 fully saturated rings. The summed E-state index contributed by atoms with van der Waals surface area (Å²) in [7, 11) is -2.09. The van der Waals surface area contributed by atoms with E-state index in [-0.39, 0.29) is 37.2 Å². The maximum Gasteiger partial charge on any atom is 0.305 e. The van der Waals surface area contributed by atoms with Gasteiger partial charge in [0.05, 0.1) is 19.4 Å².